The molecule has 1 heterocycles. The number of benzene rings is 1. The Balaban J connectivity index is 2.57. The molecule has 2 rings (SSSR count). The molecule has 1 aromatic carbocycles. The van der Waals surface area contributed by atoms with E-state index in [1.54, 1.807) is 7.11 Å². The van der Waals surface area contributed by atoms with Gasteiger partial charge in [-0.1, -0.05) is 28.1 Å². The number of nitrogen functional groups attached to an aromatic ring is 1. The van der Waals surface area contributed by atoms with Crippen LogP contribution in [0.2, 0.25) is 0 Å². The molecule has 0 aliphatic heterocycles. The first-order valence-electron chi connectivity index (χ1n) is 4.36. The Morgan fingerprint density at radius 3 is 2.93 bits per heavy atom. The minimum atomic E-state index is 0.505. The van der Waals surface area contributed by atoms with Crippen molar-refractivity contribution < 1.29 is 4.74 Å². The van der Waals surface area contributed by atoms with Gasteiger partial charge in [0.25, 0.3) is 0 Å². The monoisotopic (exact) mass is 267 g/mol. The number of rotatable bonds is 2. The number of nitrogens with zero attached hydrogens (tertiary/aromatic N) is 1. The molecule has 0 atom stereocenters. The van der Waals surface area contributed by atoms with Crippen LogP contribution in [0.1, 0.15) is 0 Å². The maximum absolute atomic E-state index is 5.79. The number of nitrogens with two attached hydrogens (primary N) is 1. The smallest absolute Gasteiger partial charge is 0.242 e. The van der Waals surface area contributed by atoms with Crippen LogP contribution in [0, 0.1) is 0 Å². The van der Waals surface area contributed by atoms with Crippen molar-refractivity contribution in [1.82, 2.24) is 10.2 Å². The fourth-order valence-corrected chi connectivity index (χ4v) is 1.81. The lowest BCUT2D eigenvalue weighted by Gasteiger charge is -2.02. The highest BCUT2D eigenvalue weighted by atomic mass is 79.9. The highest BCUT2D eigenvalue weighted by Gasteiger charge is 2.13. The predicted molar refractivity (Wildman–Crippen MR) is 62.7 cm³/mol. The maximum Gasteiger partial charge on any atom is 0.242 e. The number of ether oxygens (including phenoxy) is 1. The molecule has 3 N–H and O–H groups in total. The first-order valence-corrected chi connectivity index (χ1v) is 5.15. The Kier molecular flexibility index (Phi) is 2.64. The first-order chi connectivity index (χ1) is 7.22. The van der Waals surface area contributed by atoms with E-state index in [9.17, 15) is 0 Å². The van der Waals surface area contributed by atoms with E-state index in [0.29, 0.717) is 11.7 Å². The molecule has 0 saturated carbocycles. The lowest BCUT2D eigenvalue weighted by Crippen LogP contribution is -1.89. The van der Waals surface area contributed by atoms with Crippen LogP contribution in [-0.4, -0.2) is 17.3 Å². The first kappa shape index (κ1) is 10.0. The second kappa shape index (κ2) is 3.94. The number of anilines is 1. The van der Waals surface area contributed by atoms with Gasteiger partial charge < -0.3 is 10.5 Å². The number of H-pyrrole nitrogens is 1. The van der Waals surface area contributed by atoms with Gasteiger partial charge in [0.15, 0.2) is 0 Å². The van der Waals surface area contributed by atoms with Crippen LogP contribution in [0.4, 0.5) is 5.82 Å². The standard InChI is InChI=1S/C10H10BrN3O/c1-15-10-8(9(12)13-14-10)6-3-2-4-7(11)5-6/h2-5H,1H3,(H3,12,13,14). The van der Waals surface area contributed by atoms with Crippen molar-refractivity contribution in [3.05, 3.63) is 28.7 Å². The van der Waals surface area contributed by atoms with Gasteiger partial charge in [0.05, 0.1) is 12.7 Å². The number of aromatic amines is 1. The number of halogens is 1. The van der Waals surface area contributed by atoms with Crippen molar-refractivity contribution in [2.75, 3.05) is 12.8 Å². The van der Waals surface area contributed by atoms with E-state index in [1.807, 2.05) is 24.3 Å². The second-order valence-electron chi connectivity index (χ2n) is 3.03. The van der Waals surface area contributed by atoms with Gasteiger partial charge in [-0.15, -0.1) is 5.10 Å². The zero-order valence-corrected chi connectivity index (χ0v) is 9.71. The average molecular weight is 268 g/mol. The summed E-state index contributed by atoms with van der Waals surface area (Å²) in [5, 5.41) is 6.65. The summed E-state index contributed by atoms with van der Waals surface area (Å²) in [7, 11) is 1.57. The van der Waals surface area contributed by atoms with Gasteiger partial charge in [-0.05, 0) is 17.7 Å². The predicted octanol–water partition coefficient (Wildman–Crippen LogP) is 2.43. The maximum atomic E-state index is 5.79. The molecule has 0 amide bonds. The van der Waals surface area contributed by atoms with Gasteiger partial charge in [0, 0.05) is 4.47 Å². The molecule has 0 bridgehead atoms. The summed E-state index contributed by atoms with van der Waals surface area (Å²) in [5.41, 5.74) is 7.54. The molecule has 2 aromatic rings. The van der Waals surface area contributed by atoms with Crippen LogP contribution in [0.25, 0.3) is 11.1 Å². The average Bonchev–Trinajstić information content (AvgIpc) is 2.59. The van der Waals surface area contributed by atoms with Crippen molar-refractivity contribution in [3.8, 4) is 17.0 Å². The van der Waals surface area contributed by atoms with Gasteiger partial charge in [0.2, 0.25) is 5.88 Å². The third-order valence-electron chi connectivity index (χ3n) is 2.07. The number of hydrogen-bond acceptors (Lipinski definition) is 3. The minimum absolute atomic E-state index is 0.505. The van der Waals surface area contributed by atoms with Gasteiger partial charge in [-0.2, -0.15) is 0 Å². The molecule has 0 saturated heterocycles. The lowest BCUT2D eigenvalue weighted by atomic mass is 10.1. The Hall–Kier alpha value is -1.49. The zero-order chi connectivity index (χ0) is 10.8. The topological polar surface area (TPSA) is 63.9 Å². The van der Waals surface area contributed by atoms with Crippen molar-refractivity contribution in [2.24, 2.45) is 0 Å². The number of nitrogens with one attached hydrogen (secondary N) is 1. The molecule has 5 heteroatoms. The van der Waals surface area contributed by atoms with Gasteiger partial charge in [-0.25, -0.2) is 0 Å². The Bertz CT molecular complexity index is 481. The molecule has 78 valence electrons. The van der Waals surface area contributed by atoms with Crippen LogP contribution in [0.5, 0.6) is 5.88 Å². The molecule has 0 aliphatic carbocycles. The quantitative estimate of drug-likeness (QED) is 0.879. The molecule has 0 spiro atoms. The van der Waals surface area contributed by atoms with E-state index in [2.05, 4.69) is 26.1 Å². The number of aromatic nitrogens is 2. The summed E-state index contributed by atoms with van der Waals surface area (Å²) in [4.78, 5) is 0. The van der Waals surface area contributed by atoms with Gasteiger partial charge >= 0.3 is 0 Å². The fourth-order valence-electron chi connectivity index (χ4n) is 1.41. The fraction of sp³-hybridized carbons (Fsp3) is 0.100. The molecule has 1 aromatic heterocycles. The molecular formula is C10H10BrN3O. The summed E-state index contributed by atoms with van der Waals surface area (Å²) in [6.45, 7) is 0. The minimum Gasteiger partial charge on any atom is -0.479 e. The van der Waals surface area contributed by atoms with Crippen LogP contribution in [-0.2, 0) is 0 Å². The van der Waals surface area contributed by atoms with E-state index in [0.717, 1.165) is 15.6 Å². The summed E-state index contributed by atoms with van der Waals surface area (Å²) in [5.74, 6) is 1.01. The van der Waals surface area contributed by atoms with Crippen LogP contribution in [0.3, 0.4) is 0 Å². The molecule has 0 aliphatic rings. The van der Waals surface area contributed by atoms with Gasteiger partial charge in [-0.3, -0.25) is 5.10 Å². The molecule has 0 unspecified atom stereocenters. The zero-order valence-electron chi connectivity index (χ0n) is 8.12. The molecule has 4 nitrogen and oxygen atoms in total. The normalized spacial score (nSPS) is 10.3. The molecule has 15 heavy (non-hydrogen) atoms. The molecular weight excluding hydrogens is 258 g/mol. The molecule has 0 fully saturated rings. The van der Waals surface area contributed by atoms with E-state index in [-0.39, 0.29) is 0 Å². The summed E-state index contributed by atoms with van der Waals surface area (Å²) >= 11 is 3.41. The number of hydrogen-bond donors (Lipinski definition) is 2. The Labute approximate surface area is 95.6 Å². The summed E-state index contributed by atoms with van der Waals surface area (Å²) in [6, 6.07) is 7.80. The van der Waals surface area contributed by atoms with Crippen molar-refractivity contribution in [2.45, 2.75) is 0 Å². The Morgan fingerprint density at radius 2 is 2.27 bits per heavy atom. The van der Waals surface area contributed by atoms with E-state index < -0.39 is 0 Å². The SMILES string of the molecule is COc1n[nH]c(N)c1-c1cccc(Br)c1. The molecule has 0 radical (unpaired) electrons. The largest absolute Gasteiger partial charge is 0.479 e. The van der Waals surface area contributed by atoms with Crippen LogP contribution < -0.4 is 10.5 Å². The third-order valence-corrected chi connectivity index (χ3v) is 2.56. The summed E-state index contributed by atoms with van der Waals surface area (Å²) < 4.78 is 6.11. The van der Waals surface area contributed by atoms with Crippen molar-refractivity contribution in [3.63, 3.8) is 0 Å². The van der Waals surface area contributed by atoms with Crippen molar-refractivity contribution in [1.29, 1.82) is 0 Å². The van der Waals surface area contributed by atoms with Crippen LogP contribution >= 0.6 is 15.9 Å². The Morgan fingerprint density at radius 1 is 1.47 bits per heavy atom. The second-order valence-corrected chi connectivity index (χ2v) is 3.95. The highest BCUT2D eigenvalue weighted by Crippen LogP contribution is 2.33. The van der Waals surface area contributed by atoms with E-state index in [1.165, 1.54) is 0 Å². The number of methoxy groups -OCH3 is 1. The van der Waals surface area contributed by atoms with Crippen molar-refractivity contribution >= 4 is 21.7 Å². The highest BCUT2D eigenvalue weighted by molar-refractivity contribution is 9.10. The van der Waals surface area contributed by atoms with E-state index >= 15 is 0 Å². The van der Waals surface area contributed by atoms with Crippen LogP contribution in [0.15, 0.2) is 28.7 Å². The van der Waals surface area contributed by atoms with E-state index in [4.69, 9.17) is 10.5 Å². The lowest BCUT2D eigenvalue weighted by molar-refractivity contribution is 0.398. The van der Waals surface area contributed by atoms with Gasteiger partial charge in [0.1, 0.15) is 5.82 Å². The summed E-state index contributed by atoms with van der Waals surface area (Å²) in [6.07, 6.45) is 0. The third kappa shape index (κ3) is 1.83.